The van der Waals surface area contributed by atoms with Gasteiger partial charge in [-0.05, 0) is 12.1 Å². The van der Waals surface area contributed by atoms with Gasteiger partial charge in [0.25, 0.3) is 5.91 Å². The first kappa shape index (κ1) is 16.2. The highest BCUT2D eigenvalue weighted by Crippen LogP contribution is 2.22. The molecule has 118 valence electrons. The fourth-order valence-corrected chi connectivity index (χ4v) is 2.25. The van der Waals surface area contributed by atoms with Crippen LogP contribution < -0.4 is 11.1 Å². The number of anilines is 1. The van der Waals surface area contributed by atoms with Crippen molar-refractivity contribution in [2.45, 2.75) is 26.3 Å². The molecule has 0 unspecified atom stereocenters. The quantitative estimate of drug-likeness (QED) is 0.825. The van der Waals surface area contributed by atoms with Gasteiger partial charge in [-0.25, -0.2) is 4.39 Å². The Morgan fingerprint density at radius 1 is 1.50 bits per heavy atom. The number of aromatic nitrogens is 3. The molecule has 1 aromatic carbocycles. The van der Waals surface area contributed by atoms with E-state index >= 15 is 0 Å². The van der Waals surface area contributed by atoms with Crippen LogP contribution in [0.2, 0.25) is 5.02 Å². The van der Waals surface area contributed by atoms with E-state index in [0.29, 0.717) is 13.1 Å². The number of nitrogen functional groups attached to an aromatic ring is 1. The van der Waals surface area contributed by atoms with E-state index in [0.717, 1.165) is 11.9 Å². The highest BCUT2D eigenvalue weighted by Gasteiger charge is 2.15. The number of carbonyl (C=O) groups is 1. The van der Waals surface area contributed by atoms with Crippen molar-refractivity contribution in [1.82, 2.24) is 20.1 Å². The zero-order valence-corrected chi connectivity index (χ0v) is 13.1. The molecule has 0 aliphatic heterocycles. The number of nitrogens with two attached hydrogens (primary N) is 1. The highest BCUT2D eigenvalue weighted by atomic mass is 35.5. The van der Waals surface area contributed by atoms with Crippen LogP contribution in [0.4, 0.5) is 10.1 Å². The summed E-state index contributed by atoms with van der Waals surface area (Å²) < 4.78 is 15.3. The molecule has 2 rings (SSSR count). The van der Waals surface area contributed by atoms with Gasteiger partial charge in [-0.3, -0.25) is 4.79 Å². The second-order valence-electron chi connectivity index (χ2n) is 5.14. The SMILES string of the molecule is CC(C)c1nncn1CCNC(=O)c1cc(Cl)cc(F)c1N. The van der Waals surface area contributed by atoms with E-state index in [9.17, 15) is 9.18 Å². The molecule has 6 nitrogen and oxygen atoms in total. The van der Waals surface area contributed by atoms with Crippen molar-refractivity contribution in [3.8, 4) is 0 Å². The summed E-state index contributed by atoms with van der Waals surface area (Å²) in [5, 5.41) is 10.7. The monoisotopic (exact) mass is 325 g/mol. The number of hydrogen-bond donors (Lipinski definition) is 2. The number of nitrogens with one attached hydrogen (secondary N) is 1. The first-order chi connectivity index (χ1) is 10.4. The zero-order valence-electron chi connectivity index (χ0n) is 12.3. The average molecular weight is 326 g/mol. The lowest BCUT2D eigenvalue weighted by molar-refractivity contribution is 0.0952. The van der Waals surface area contributed by atoms with Crippen LogP contribution in [0.25, 0.3) is 0 Å². The summed E-state index contributed by atoms with van der Waals surface area (Å²) in [6.07, 6.45) is 1.61. The predicted molar refractivity (Wildman–Crippen MR) is 82.3 cm³/mol. The largest absolute Gasteiger partial charge is 0.396 e. The minimum Gasteiger partial charge on any atom is -0.396 e. The van der Waals surface area contributed by atoms with E-state index < -0.39 is 11.7 Å². The third-order valence-electron chi connectivity index (χ3n) is 3.14. The normalized spacial score (nSPS) is 11.0. The van der Waals surface area contributed by atoms with Gasteiger partial charge in [0, 0.05) is 24.0 Å². The molecule has 22 heavy (non-hydrogen) atoms. The van der Waals surface area contributed by atoms with Crippen LogP contribution in [0.5, 0.6) is 0 Å². The van der Waals surface area contributed by atoms with Crippen LogP contribution in [0.15, 0.2) is 18.5 Å². The van der Waals surface area contributed by atoms with E-state index in [1.165, 1.54) is 6.07 Å². The van der Waals surface area contributed by atoms with Gasteiger partial charge >= 0.3 is 0 Å². The first-order valence-corrected chi connectivity index (χ1v) is 7.18. The minimum atomic E-state index is -0.710. The van der Waals surface area contributed by atoms with Crippen LogP contribution in [0, 0.1) is 5.82 Å². The molecule has 1 aromatic heterocycles. The van der Waals surface area contributed by atoms with Crippen LogP contribution in [-0.4, -0.2) is 27.2 Å². The smallest absolute Gasteiger partial charge is 0.253 e. The maximum Gasteiger partial charge on any atom is 0.253 e. The summed E-state index contributed by atoms with van der Waals surface area (Å²) in [5.41, 5.74) is 5.37. The molecule has 0 fully saturated rings. The van der Waals surface area contributed by atoms with Crippen molar-refractivity contribution in [2.75, 3.05) is 12.3 Å². The number of hydrogen-bond acceptors (Lipinski definition) is 4. The standard InChI is InChI=1S/C14H17ClFN5O/c1-8(2)13-20-19-7-21(13)4-3-18-14(22)10-5-9(15)6-11(16)12(10)17/h5-8H,3-4,17H2,1-2H3,(H,18,22). The fraction of sp³-hybridized carbons (Fsp3) is 0.357. The van der Waals surface area contributed by atoms with Gasteiger partial charge in [-0.2, -0.15) is 0 Å². The van der Waals surface area contributed by atoms with Gasteiger partial charge in [-0.15, -0.1) is 10.2 Å². The summed E-state index contributed by atoms with van der Waals surface area (Å²) in [4.78, 5) is 12.1. The molecule has 3 N–H and O–H groups in total. The Labute approximate surface area is 132 Å². The van der Waals surface area contributed by atoms with Gasteiger partial charge in [0.2, 0.25) is 0 Å². The van der Waals surface area contributed by atoms with E-state index in [-0.39, 0.29) is 22.2 Å². The number of halogens is 2. The Morgan fingerprint density at radius 2 is 2.23 bits per heavy atom. The second-order valence-corrected chi connectivity index (χ2v) is 5.58. The Kier molecular flexibility index (Phi) is 4.97. The first-order valence-electron chi connectivity index (χ1n) is 6.80. The molecule has 0 bridgehead atoms. The summed E-state index contributed by atoms with van der Waals surface area (Å²) in [5.74, 6) is -0.116. The molecular formula is C14H17ClFN5O. The number of nitrogens with zero attached hydrogens (tertiary/aromatic N) is 3. The summed E-state index contributed by atoms with van der Waals surface area (Å²) in [6.45, 7) is 4.86. The number of amides is 1. The Morgan fingerprint density at radius 3 is 2.91 bits per heavy atom. The van der Waals surface area contributed by atoms with E-state index in [4.69, 9.17) is 17.3 Å². The van der Waals surface area contributed by atoms with E-state index in [2.05, 4.69) is 15.5 Å². The third-order valence-corrected chi connectivity index (χ3v) is 3.36. The molecule has 0 spiro atoms. The van der Waals surface area contributed by atoms with Gasteiger partial charge in [0.15, 0.2) is 0 Å². The van der Waals surface area contributed by atoms with Gasteiger partial charge < -0.3 is 15.6 Å². The molecular weight excluding hydrogens is 309 g/mol. The van der Waals surface area contributed by atoms with E-state index in [1.807, 2.05) is 18.4 Å². The molecule has 2 aromatic rings. The lowest BCUT2D eigenvalue weighted by atomic mass is 10.1. The molecule has 0 aliphatic rings. The molecule has 1 amide bonds. The number of benzene rings is 1. The predicted octanol–water partition coefficient (Wildman–Crippen LogP) is 2.21. The second kappa shape index (κ2) is 6.74. The third kappa shape index (κ3) is 3.54. The molecule has 1 heterocycles. The van der Waals surface area contributed by atoms with Crippen molar-refractivity contribution < 1.29 is 9.18 Å². The van der Waals surface area contributed by atoms with Crippen molar-refractivity contribution in [1.29, 1.82) is 0 Å². The minimum absolute atomic E-state index is 0.0258. The lowest BCUT2D eigenvalue weighted by Crippen LogP contribution is -2.28. The molecule has 0 aliphatic carbocycles. The van der Waals surface area contributed by atoms with Crippen LogP contribution >= 0.6 is 11.6 Å². The van der Waals surface area contributed by atoms with Crippen molar-refractivity contribution >= 4 is 23.2 Å². The van der Waals surface area contributed by atoms with Crippen molar-refractivity contribution in [3.05, 3.63) is 40.7 Å². The molecule has 0 saturated heterocycles. The summed E-state index contributed by atoms with van der Waals surface area (Å²) in [7, 11) is 0. The fourth-order valence-electron chi connectivity index (χ4n) is 2.04. The summed E-state index contributed by atoms with van der Waals surface area (Å²) >= 11 is 5.74. The van der Waals surface area contributed by atoms with Crippen molar-refractivity contribution in [3.63, 3.8) is 0 Å². The van der Waals surface area contributed by atoms with Gasteiger partial charge in [-0.1, -0.05) is 25.4 Å². The number of carbonyl (C=O) groups excluding carboxylic acids is 1. The van der Waals surface area contributed by atoms with Gasteiger partial charge in [0.1, 0.15) is 18.0 Å². The lowest BCUT2D eigenvalue weighted by Gasteiger charge is -2.11. The Bertz CT molecular complexity index is 686. The van der Waals surface area contributed by atoms with Crippen molar-refractivity contribution in [2.24, 2.45) is 0 Å². The maximum atomic E-state index is 13.5. The average Bonchev–Trinajstić information content (AvgIpc) is 2.91. The van der Waals surface area contributed by atoms with Gasteiger partial charge in [0.05, 0.1) is 11.3 Å². The molecule has 8 heteroatoms. The van der Waals surface area contributed by atoms with Crippen LogP contribution in [0.3, 0.4) is 0 Å². The summed E-state index contributed by atoms with van der Waals surface area (Å²) in [6, 6.07) is 2.41. The van der Waals surface area contributed by atoms with E-state index in [1.54, 1.807) is 6.33 Å². The number of rotatable bonds is 5. The molecule has 0 radical (unpaired) electrons. The topological polar surface area (TPSA) is 85.8 Å². The molecule has 0 atom stereocenters. The Balaban J connectivity index is 2.00. The Hall–Kier alpha value is -2.15. The van der Waals surface area contributed by atoms with Crippen LogP contribution in [-0.2, 0) is 6.54 Å². The molecule has 0 saturated carbocycles. The maximum absolute atomic E-state index is 13.5. The highest BCUT2D eigenvalue weighted by molar-refractivity contribution is 6.31. The zero-order chi connectivity index (χ0) is 16.3. The van der Waals surface area contributed by atoms with Crippen LogP contribution in [0.1, 0.15) is 35.9 Å².